The van der Waals surface area contributed by atoms with Crippen molar-refractivity contribution in [3.05, 3.63) is 52.0 Å². The molecule has 2 aliphatic rings. The molecular formula is C22H23ClN2O2. The van der Waals surface area contributed by atoms with Gasteiger partial charge in [0.05, 0.1) is 18.5 Å². The van der Waals surface area contributed by atoms with Crippen LogP contribution in [0, 0.1) is 6.92 Å². The molecule has 27 heavy (non-hydrogen) atoms. The molecule has 0 saturated heterocycles. The molecule has 2 aliphatic heterocycles. The molecule has 0 bridgehead atoms. The fourth-order valence-corrected chi connectivity index (χ4v) is 4.47. The van der Waals surface area contributed by atoms with Crippen LogP contribution in [0.2, 0.25) is 5.02 Å². The average molecular weight is 383 g/mol. The van der Waals surface area contributed by atoms with Gasteiger partial charge in [0.2, 0.25) is 0 Å². The number of hydrogen-bond donors (Lipinski definition) is 0. The van der Waals surface area contributed by atoms with Crippen molar-refractivity contribution in [2.45, 2.75) is 45.6 Å². The van der Waals surface area contributed by atoms with Gasteiger partial charge in [-0.1, -0.05) is 24.6 Å². The Morgan fingerprint density at radius 3 is 2.67 bits per heavy atom. The predicted molar refractivity (Wildman–Crippen MR) is 110 cm³/mol. The van der Waals surface area contributed by atoms with E-state index < -0.39 is 0 Å². The van der Waals surface area contributed by atoms with Gasteiger partial charge in [0.15, 0.2) is 0 Å². The Labute approximate surface area is 164 Å². The third-order valence-electron chi connectivity index (χ3n) is 5.57. The first-order valence-corrected chi connectivity index (χ1v) is 9.52. The van der Waals surface area contributed by atoms with Gasteiger partial charge in [0.1, 0.15) is 11.5 Å². The molecule has 2 aromatic carbocycles. The summed E-state index contributed by atoms with van der Waals surface area (Å²) in [7, 11) is 1.65. The number of anilines is 1. The highest BCUT2D eigenvalue weighted by Crippen LogP contribution is 2.50. The van der Waals surface area contributed by atoms with E-state index in [1.807, 2.05) is 36.1 Å². The van der Waals surface area contributed by atoms with Crippen LogP contribution in [0.5, 0.6) is 5.75 Å². The van der Waals surface area contributed by atoms with Crippen LogP contribution in [0.3, 0.4) is 0 Å². The quantitative estimate of drug-likeness (QED) is 0.696. The van der Waals surface area contributed by atoms with Gasteiger partial charge in [-0.05, 0) is 68.5 Å². The number of methoxy groups -OCH3 is 1. The second kappa shape index (κ2) is 6.10. The Balaban J connectivity index is 1.96. The highest BCUT2D eigenvalue weighted by Gasteiger charge is 2.48. The van der Waals surface area contributed by atoms with Crippen molar-refractivity contribution in [2.75, 3.05) is 12.0 Å². The smallest absolute Gasteiger partial charge is 0.278 e. The number of amides is 1. The van der Waals surface area contributed by atoms with E-state index in [1.54, 1.807) is 13.2 Å². The van der Waals surface area contributed by atoms with E-state index in [9.17, 15) is 4.79 Å². The van der Waals surface area contributed by atoms with Gasteiger partial charge in [0.25, 0.3) is 5.91 Å². The third-order valence-corrected chi connectivity index (χ3v) is 5.98. The van der Waals surface area contributed by atoms with Crippen LogP contribution in [0.4, 0.5) is 11.4 Å². The maximum absolute atomic E-state index is 13.4. The molecule has 0 radical (unpaired) electrons. The summed E-state index contributed by atoms with van der Waals surface area (Å²) in [6.07, 6.45) is 0.891. The molecule has 0 aliphatic carbocycles. The topological polar surface area (TPSA) is 41.9 Å². The van der Waals surface area contributed by atoms with Crippen LogP contribution < -0.4 is 9.64 Å². The van der Waals surface area contributed by atoms with Gasteiger partial charge >= 0.3 is 0 Å². The first kappa shape index (κ1) is 18.1. The molecule has 5 heteroatoms. The van der Waals surface area contributed by atoms with Crippen molar-refractivity contribution in [1.82, 2.24) is 0 Å². The fraction of sp³-hybridized carbons (Fsp3) is 0.364. The zero-order valence-electron chi connectivity index (χ0n) is 16.3. The second-order valence-corrected chi connectivity index (χ2v) is 8.47. The minimum atomic E-state index is -0.269. The van der Waals surface area contributed by atoms with Gasteiger partial charge in [-0.2, -0.15) is 0 Å². The Hall–Kier alpha value is -2.33. The van der Waals surface area contributed by atoms with Crippen LogP contribution in [0.15, 0.2) is 35.3 Å². The van der Waals surface area contributed by atoms with Gasteiger partial charge in [0, 0.05) is 16.1 Å². The lowest BCUT2D eigenvalue weighted by atomic mass is 9.80. The summed E-state index contributed by atoms with van der Waals surface area (Å²) >= 11 is 6.25. The number of rotatable bonds is 2. The van der Waals surface area contributed by atoms with Crippen LogP contribution in [0.1, 0.15) is 49.8 Å². The van der Waals surface area contributed by atoms with E-state index in [2.05, 4.69) is 20.8 Å². The second-order valence-electron chi connectivity index (χ2n) is 8.06. The molecule has 2 aromatic rings. The van der Waals surface area contributed by atoms with E-state index in [1.165, 1.54) is 0 Å². The number of aliphatic imine (C=N–C) groups is 1. The highest BCUT2D eigenvalue weighted by atomic mass is 35.5. The number of halogens is 1. The monoisotopic (exact) mass is 382 g/mol. The Bertz CT molecular complexity index is 994. The molecule has 0 saturated carbocycles. The van der Waals surface area contributed by atoms with Gasteiger partial charge in [-0.25, -0.2) is 4.99 Å². The molecule has 0 aromatic heterocycles. The highest BCUT2D eigenvalue weighted by molar-refractivity contribution is 6.55. The number of aryl methyl sites for hydroxylation is 1. The lowest BCUT2D eigenvalue weighted by Crippen LogP contribution is -2.50. The van der Waals surface area contributed by atoms with Crippen molar-refractivity contribution >= 4 is 34.6 Å². The molecule has 4 nitrogen and oxygen atoms in total. The molecule has 0 fully saturated rings. The Morgan fingerprint density at radius 2 is 2.00 bits per heavy atom. The van der Waals surface area contributed by atoms with E-state index in [0.717, 1.165) is 34.5 Å². The first-order valence-electron chi connectivity index (χ1n) is 9.14. The molecule has 1 atom stereocenters. The van der Waals surface area contributed by atoms with Crippen molar-refractivity contribution in [2.24, 2.45) is 4.99 Å². The third kappa shape index (κ3) is 2.74. The number of benzene rings is 2. The van der Waals surface area contributed by atoms with Crippen LogP contribution >= 0.6 is 11.6 Å². The largest absolute Gasteiger partial charge is 0.497 e. The molecule has 0 spiro atoms. The zero-order valence-corrected chi connectivity index (χ0v) is 17.0. The van der Waals surface area contributed by atoms with Crippen LogP contribution in [-0.2, 0) is 4.79 Å². The normalized spacial score (nSPS) is 21.6. The Kier molecular flexibility index (Phi) is 4.08. The SMILES string of the molecule is COc1cc2c3c(c1)C(C)CC(C)(C)N3C(=O)C2=Nc1ccc(C)c(Cl)c1. The predicted octanol–water partition coefficient (Wildman–Crippen LogP) is 5.41. The average Bonchev–Trinajstić information content (AvgIpc) is 2.89. The maximum Gasteiger partial charge on any atom is 0.278 e. The summed E-state index contributed by atoms with van der Waals surface area (Å²) in [6.45, 7) is 8.38. The molecular weight excluding hydrogens is 360 g/mol. The fourth-order valence-electron chi connectivity index (χ4n) is 4.29. The van der Waals surface area contributed by atoms with E-state index >= 15 is 0 Å². The summed E-state index contributed by atoms with van der Waals surface area (Å²) in [4.78, 5) is 20.0. The molecule has 4 rings (SSSR count). The van der Waals surface area contributed by atoms with Crippen LogP contribution in [-0.4, -0.2) is 24.3 Å². The summed E-state index contributed by atoms with van der Waals surface area (Å²) < 4.78 is 5.50. The molecule has 0 N–H and O–H groups in total. The van der Waals surface area contributed by atoms with Gasteiger partial charge in [-0.15, -0.1) is 0 Å². The summed E-state index contributed by atoms with van der Waals surface area (Å²) in [5, 5.41) is 0.643. The molecule has 2 heterocycles. The van der Waals surface area contributed by atoms with Crippen LogP contribution in [0.25, 0.3) is 0 Å². The van der Waals surface area contributed by atoms with E-state index in [0.29, 0.717) is 22.3 Å². The minimum absolute atomic E-state index is 0.0619. The number of nitrogens with zero attached hydrogens (tertiary/aromatic N) is 2. The van der Waals surface area contributed by atoms with E-state index in [-0.39, 0.29) is 11.4 Å². The van der Waals surface area contributed by atoms with Gasteiger partial charge in [-0.3, -0.25) is 4.79 Å². The number of ether oxygens (including phenoxy) is 1. The minimum Gasteiger partial charge on any atom is -0.497 e. The van der Waals surface area contributed by atoms with Crippen molar-refractivity contribution in [3.8, 4) is 5.75 Å². The maximum atomic E-state index is 13.4. The van der Waals surface area contributed by atoms with Gasteiger partial charge < -0.3 is 9.64 Å². The standard InChI is InChI=1S/C22H23ClN2O2/c1-12-6-7-14(8-18(12)23)24-19-17-10-15(27-5)9-16-13(2)11-22(3,4)25(20(16)17)21(19)26/h6-10,13H,11H2,1-5H3. The zero-order chi connectivity index (χ0) is 19.5. The number of carbonyl (C=O) groups excluding carboxylic acids is 1. The molecule has 140 valence electrons. The number of carbonyl (C=O) groups is 1. The Morgan fingerprint density at radius 1 is 1.26 bits per heavy atom. The summed E-state index contributed by atoms with van der Waals surface area (Å²) in [5.41, 5.74) is 4.80. The lowest BCUT2D eigenvalue weighted by molar-refractivity contribution is -0.113. The molecule has 1 amide bonds. The summed E-state index contributed by atoms with van der Waals surface area (Å²) in [5.74, 6) is 1.02. The van der Waals surface area contributed by atoms with Crippen molar-refractivity contribution in [1.29, 1.82) is 0 Å². The van der Waals surface area contributed by atoms with Crippen molar-refractivity contribution in [3.63, 3.8) is 0 Å². The summed E-state index contributed by atoms with van der Waals surface area (Å²) in [6, 6.07) is 9.57. The first-order chi connectivity index (χ1) is 12.7. The van der Waals surface area contributed by atoms with E-state index in [4.69, 9.17) is 21.3 Å². The molecule has 1 unspecified atom stereocenters. The number of hydrogen-bond acceptors (Lipinski definition) is 3. The van der Waals surface area contributed by atoms with Crippen molar-refractivity contribution < 1.29 is 9.53 Å². The lowest BCUT2D eigenvalue weighted by Gasteiger charge is -2.43.